The first-order valence-corrected chi connectivity index (χ1v) is 11.8. The Kier molecular flexibility index (Phi) is 10.2. The molecule has 168 valence electrons. The summed E-state index contributed by atoms with van der Waals surface area (Å²) in [6.07, 6.45) is 1.16. The molecule has 2 rings (SSSR count). The minimum absolute atomic E-state index is 0.0592. The summed E-state index contributed by atoms with van der Waals surface area (Å²) in [6.45, 7) is 6.10. The number of nitrogens with zero attached hydrogens (tertiary/aromatic N) is 1. The van der Waals surface area contributed by atoms with Crippen LogP contribution in [-0.2, 0) is 16.1 Å². The highest BCUT2D eigenvalue weighted by molar-refractivity contribution is 7.99. The van der Waals surface area contributed by atoms with Crippen LogP contribution in [0.15, 0.2) is 53.4 Å². The lowest BCUT2D eigenvalue weighted by Crippen LogP contribution is -2.49. The first-order valence-electron chi connectivity index (χ1n) is 10.4. The highest BCUT2D eigenvalue weighted by atomic mass is 35.5. The van der Waals surface area contributed by atoms with Crippen molar-refractivity contribution < 1.29 is 14.3 Å². The van der Waals surface area contributed by atoms with Crippen LogP contribution in [0.5, 0.6) is 5.75 Å². The summed E-state index contributed by atoms with van der Waals surface area (Å²) in [4.78, 5) is 28.6. The molecule has 0 saturated heterocycles. The molecule has 0 aliphatic carbocycles. The van der Waals surface area contributed by atoms with Crippen LogP contribution >= 0.6 is 23.4 Å². The number of nitrogens with one attached hydrogen (secondary N) is 1. The molecule has 1 N–H and O–H groups in total. The zero-order chi connectivity index (χ0) is 22.8. The van der Waals surface area contributed by atoms with Crippen molar-refractivity contribution in [2.45, 2.75) is 57.1 Å². The smallest absolute Gasteiger partial charge is 0.242 e. The van der Waals surface area contributed by atoms with Crippen molar-refractivity contribution in [3.63, 3.8) is 0 Å². The van der Waals surface area contributed by atoms with Gasteiger partial charge in [0.05, 0.1) is 7.11 Å². The van der Waals surface area contributed by atoms with Crippen molar-refractivity contribution in [1.82, 2.24) is 10.2 Å². The lowest BCUT2D eigenvalue weighted by Gasteiger charge is -2.30. The molecule has 2 amide bonds. The van der Waals surface area contributed by atoms with Gasteiger partial charge in [-0.2, -0.15) is 0 Å². The predicted octanol–water partition coefficient (Wildman–Crippen LogP) is 5.16. The molecule has 0 bridgehead atoms. The summed E-state index contributed by atoms with van der Waals surface area (Å²) >= 11 is 7.53. The van der Waals surface area contributed by atoms with Crippen LogP contribution in [0, 0.1) is 0 Å². The van der Waals surface area contributed by atoms with E-state index in [0.717, 1.165) is 22.6 Å². The second kappa shape index (κ2) is 12.6. The number of ether oxygens (including phenoxy) is 1. The monoisotopic (exact) mass is 462 g/mol. The predicted molar refractivity (Wildman–Crippen MR) is 128 cm³/mol. The van der Waals surface area contributed by atoms with Gasteiger partial charge in [0.1, 0.15) is 11.8 Å². The minimum Gasteiger partial charge on any atom is -0.497 e. The SMILES string of the molecule is CC[C@H](C)NC(=O)[C@H](C)N(Cc1cccc(OC)c1)C(=O)CCSc1ccc(Cl)cc1. The van der Waals surface area contributed by atoms with E-state index in [1.54, 1.807) is 30.7 Å². The van der Waals surface area contributed by atoms with Gasteiger partial charge in [-0.15, -0.1) is 11.8 Å². The maximum absolute atomic E-state index is 13.1. The van der Waals surface area contributed by atoms with E-state index < -0.39 is 6.04 Å². The molecule has 31 heavy (non-hydrogen) atoms. The summed E-state index contributed by atoms with van der Waals surface area (Å²) in [5.41, 5.74) is 0.918. The number of methoxy groups -OCH3 is 1. The topological polar surface area (TPSA) is 58.6 Å². The average Bonchev–Trinajstić information content (AvgIpc) is 2.78. The summed E-state index contributed by atoms with van der Waals surface area (Å²) in [5.74, 6) is 1.14. The van der Waals surface area contributed by atoms with E-state index in [1.807, 2.05) is 62.4 Å². The van der Waals surface area contributed by atoms with Gasteiger partial charge >= 0.3 is 0 Å². The largest absolute Gasteiger partial charge is 0.497 e. The van der Waals surface area contributed by atoms with Crippen molar-refractivity contribution in [1.29, 1.82) is 0 Å². The van der Waals surface area contributed by atoms with Crippen LogP contribution in [0.1, 0.15) is 39.2 Å². The quantitative estimate of drug-likeness (QED) is 0.468. The third-order valence-electron chi connectivity index (χ3n) is 5.05. The van der Waals surface area contributed by atoms with Crippen molar-refractivity contribution in [2.75, 3.05) is 12.9 Å². The third-order valence-corrected chi connectivity index (χ3v) is 6.32. The fourth-order valence-corrected chi connectivity index (χ4v) is 3.91. The van der Waals surface area contributed by atoms with E-state index in [9.17, 15) is 9.59 Å². The van der Waals surface area contributed by atoms with Crippen LogP contribution in [0.4, 0.5) is 0 Å². The molecular formula is C24H31ClN2O3S. The Morgan fingerprint density at radius 1 is 1.16 bits per heavy atom. The summed E-state index contributed by atoms with van der Waals surface area (Å²) < 4.78 is 5.30. The summed E-state index contributed by atoms with van der Waals surface area (Å²) in [7, 11) is 1.61. The molecule has 5 nitrogen and oxygen atoms in total. The van der Waals surface area contributed by atoms with Crippen molar-refractivity contribution in [3.8, 4) is 5.75 Å². The molecular weight excluding hydrogens is 432 g/mol. The number of carbonyl (C=O) groups excluding carboxylic acids is 2. The molecule has 0 aliphatic rings. The van der Waals surface area contributed by atoms with Crippen LogP contribution < -0.4 is 10.1 Å². The Morgan fingerprint density at radius 3 is 2.52 bits per heavy atom. The van der Waals surface area contributed by atoms with Gasteiger partial charge in [0.15, 0.2) is 0 Å². The fraction of sp³-hybridized carbons (Fsp3) is 0.417. The molecule has 0 radical (unpaired) electrons. The second-order valence-corrected chi connectivity index (χ2v) is 9.02. The number of thioether (sulfide) groups is 1. The Bertz CT molecular complexity index is 860. The van der Waals surface area contributed by atoms with Gasteiger partial charge in [-0.1, -0.05) is 30.7 Å². The van der Waals surface area contributed by atoms with E-state index in [0.29, 0.717) is 23.7 Å². The Labute approximate surface area is 194 Å². The fourth-order valence-electron chi connectivity index (χ4n) is 2.95. The second-order valence-electron chi connectivity index (χ2n) is 7.42. The lowest BCUT2D eigenvalue weighted by atomic mass is 10.1. The minimum atomic E-state index is -0.576. The number of benzene rings is 2. The van der Waals surface area contributed by atoms with Crippen molar-refractivity contribution in [3.05, 3.63) is 59.1 Å². The van der Waals surface area contributed by atoms with Crippen LogP contribution in [0.25, 0.3) is 0 Å². The lowest BCUT2D eigenvalue weighted by molar-refractivity contribution is -0.140. The number of hydrogen-bond acceptors (Lipinski definition) is 4. The molecule has 0 fully saturated rings. The Hall–Kier alpha value is -2.18. The maximum atomic E-state index is 13.1. The zero-order valence-corrected chi connectivity index (χ0v) is 20.1. The van der Waals surface area contributed by atoms with Gasteiger partial charge in [-0.25, -0.2) is 0 Å². The van der Waals surface area contributed by atoms with Gasteiger partial charge in [-0.3, -0.25) is 9.59 Å². The number of rotatable bonds is 11. The van der Waals surface area contributed by atoms with E-state index >= 15 is 0 Å². The highest BCUT2D eigenvalue weighted by Crippen LogP contribution is 2.22. The number of hydrogen-bond donors (Lipinski definition) is 1. The first-order chi connectivity index (χ1) is 14.8. The third kappa shape index (κ3) is 8.11. The van der Waals surface area contributed by atoms with E-state index in [1.165, 1.54) is 0 Å². The number of amides is 2. The van der Waals surface area contributed by atoms with Gasteiger partial charge in [0.25, 0.3) is 0 Å². The zero-order valence-electron chi connectivity index (χ0n) is 18.6. The van der Waals surface area contributed by atoms with Crippen LogP contribution in [-0.4, -0.2) is 41.7 Å². The average molecular weight is 463 g/mol. The molecule has 0 aromatic heterocycles. The Balaban J connectivity index is 2.09. The highest BCUT2D eigenvalue weighted by Gasteiger charge is 2.26. The maximum Gasteiger partial charge on any atom is 0.242 e. The molecule has 7 heteroatoms. The van der Waals surface area contributed by atoms with Crippen LogP contribution in [0.3, 0.4) is 0 Å². The molecule has 0 aliphatic heterocycles. The molecule has 2 atom stereocenters. The summed E-state index contributed by atoms with van der Waals surface area (Å²) in [5, 5.41) is 3.67. The molecule has 2 aromatic carbocycles. The van der Waals surface area contributed by atoms with Gasteiger partial charge < -0.3 is 15.0 Å². The van der Waals surface area contributed by atoms with Crippen LogP contribution in [0.2, 0.25) is 5.02 Å². The van der Waals surface area contributed by atoms with Gasteiger partial charge in [-0.05, 0) is 62.2 Å². The molecule has 0 spiro atoms. The number of halogens is 1. The van der Waals surface area contributed by atoms with E-state index in [2.05, 4.69) is 5.32 Å². The first kappa shape index (κ1) is 25.1. The molecule has 0 unspecified atom stereocenters. The van der Waals surface area contributed by atoms with Gasteiger partial charge in [0, 0.05) is 34.7 Å². The van der Waals surface area contributed by atoms with E-state index in [4.69, 9.17) is 16.3 Å². The summed E-state index contributed by atoms with van der Waals surface area (Å²) in [6, 6.07) is 14.6. The van der Waals surface area contributed by atoms with Crippen molar-refractivity contribution >= 4 is 35.2 Å². The molecule has 0 heterocycles. The normalized spacial score (nSPS) is 12.7. The standard InChI is InChI=1S/C24H31ClN2O3S/c1-5-17(2)26-24(29)18(3)27(16-19-7-6-8-21(15-19)30-4)23(28)13-14-31-22-11-9-20(25)10-12-22/h6-12,15,17-18H,5,13-14,16H2,1-4H3,(H,26,29)/t17-,18-/m0/s1. The van der Waals surface area contributed by atoms with Crippen molar-refractivity contribution in [2.24, 2.45) is 0 Å². The van der Waals surface area contributed by atoms with Gasteiger partial charge in [0.2, 0.25) is 11.8 Å². The molecule has 0 saturated carbocycles. The van der Waals surface area contributed by atoms with E-state index in [-0.39, 0.29) is 17.9 Å². The Morgan fingerprint density at radius 2 is 1.87 bits per heavy atom. The molecule has 2 aromatic rings. The number of carbonyl (C=O) groups is 2.